The van der Waals surface area contributed by atoms with Crippen molar-refractivity contribution >= 4 is 0 Å². The van der Waals surface area contributed by atoms with Crippen LogP contribution in [0.3, 0.4) is 0 Å². The van der Waals surface area contributed by atoms with Crippen LogP contribution in [-0.2, 0) is 0 Å². The van der Waals surface area contributed by atoms with Crippen LogP contribution in [0.25, 0.3) is 10.4 Å². The Hall–Kier alpha value is -1.73. The van der Waals surface area contributed by atoms with E-state index in [1.165, 1.54) is 0 Å². The molecule has 0 heterocycles. The highest BCUT2D eigenvalue weighted by Gasteiger charge is 2.14. The first-order valence-corrected chi connectivity index (χ1v) is 3.45. The second-order valence-corrected chi connectivity index (χ2v) is 1.88. The van der Waals surface area contributed by atoms with E-state index in [1.807, 2.05) is 0 Å². The Labute approximate surface area is 70.3 Å². The second-order valence-electron chi connectivity index (χ2n) is 1.88. The quantitative estimate of drug-likeness (QED) is 0.116. The number of terminal acetylenes is 1. The van der Waals surface area contributed by atoms with E-state index in [9.17, 15) is 4.91 Å². The van der Waals surface area contributed by atoms with Crippen LogP contribution in [0.4, 0.5) is 0 Å². The maximum Gasteiger partial charge on any atom is 0.232 e. The number of hydrogen-bond acceptors (Lipinski definition) is 2. The molecular formula is C6H10N5O+. The zero-order chi connectivity index (χ0) is 9.40. The fourth-order valence-electron chi connectivity index (χ4n) is 0.609. The van der Waals surface area contributed by atoms with E-state index >= 15 is 0 Å². The largest absolute Gasteiger partial charge is 0.232 e. The Morgan fingerprint density at radius 3 is 2.92 bits per heavy atom. The van der Waals surface area contributed by atoms with Crippen molar-refractivity contribution in [2.45, 2.75) is 6.92 Å². The predicted octanol–water partition coefficient (Wildman–Crippen LogP) is 0.903. The first kappa shape index (κ1) is 10.3. The van der Waals surface area contributed by atoms with E-state index in [4.69, 9.17) is 12.0 Å². The molecule has 0 aliphatic heterocycles. The molecule has 0 aromatic carbocycles. The molecule has 0 saturated carbocycles. The summed E-state index contributed by atoms with van der Waals surface area (Å²) in [6.45, 7) is 2.41. The first-order valence-electron chi connectivity index (χ1n) is 3.45. The SMILES string of the molecule is C#CN(CC)[N+](=O)CCN=[N+]=[N-]. The molecule has 0 bridgehead atoms. The minimum Gasteiger partial charge on any atom is -0.0911 e. The van der Waals surface area contributed by atoms with Gasteiger partial charge in [0.1, 0.15) is 4.87 Å². The van der Waals surface area contributed by atoms with Gasteiger partial charge in [0, 0.05) is 4.91 Å². The molecule has 0 amide bonds. The molecule has 0 unspecified atom stereocenters. The number of hydrazine groups is 1. The third-order valence-electron chi connectivity index (χ3n) is 1.17. The maximum atomic E-state index is 11.0. The third kappa shape index (κ3) is 3.44. The molecule has 0 aromatic rings. The average molecular weight is 168 g/mol. The Bertz CT molecular complexity index is 237. The molecule has 64 valence electrons. The number of nitroso groups, excluding NO2 is 1. The normalized spacial score (nSPS) is 8.00. The molecule has 12 heavy (non-hydrogen) atoms. The van der Waals surface area contributed by atoms with Crippen molar-refractivity contribution in [1.82, 2.24) is 5.01 Å². The van der Waals surface area contributed by atoms with Crippen molar-refractivity contribution in [1.29, 1.82) is 0 Å². The molecule has 0 N–H and O–H groups in total. The van der Waals surface area contributed by atoms with Crippen molar-refractivity contribution in [3.63, 3.8) is 0 Å². The fraction of sp³-hybridized carbons (Fsp3) is 0.667. The zero-order valence-electron chi connectivity index (χ0n) is 6.84. The van der Waals surface area contributed by atoms with Crippen molar-refractivity contribution in [3.05, 3.63) is 15.3 Å². The van der Waals surface area contributed by atoms with E-state index < -0.39 is 0 Å². The summed E-state index contributed by atoms with van der Waals surface area (Å²) in [5, 5.41) is 4.37. The van der Waals surface area contributed by atoms with Gasteiger partial charge in [0.2, 0.25) is 6.54 Å². The van der Waals surface area contributed by atoms with Crippen molar-refractivity contribution in [2.24, 2.45) is 5.11 Å². The van der Waals surface area contributed by atoms with Crippen molar-refractivity contribution in [2.75, 3.05) is 19.6 Å². The van der Waals surface area contributed by atoms with Gasteiger partial charge in [0.05, 0.1) is 24.0 Å². The van der Waals surface area contributed by atoms with Gasteiger partial charge in [-0.15, -0.1) is 0 Å². The van der Waals surface area contributed by atoms with Gasteiger partial charge in [0.15, 0.2) is 0 Å². The Balaban J connectivity index is 3.87. The van der Waals surface area contributed by atoms with Crippen LogP contribution in [0.5, 0.6) is 0 Å². The number of nitrogens with zero attached hydrogens (tertiary/aromatic N) is 5. The second kappa shape index (κ2) is 6.01. The first-order chi connectivity index (χ1) is 5.76. The van der Waals surface area contributed by atoms with Crippen molar-refractivity contribution < 1.29 is 4.87 Å². The molecule has 0 aliphatic rings. The molecule has 0 atom stereocenters. The minimum absolute atomic E-state index is 0.0854. The zero-order valence-corrected chi connectivity index (χ0v) is 6.84. The summed E-state index contributed by atoms with van der Waals surface area (Å²) in [5.41, 5.74) is 7.92. The average Bonchev–Trinajstić information content (AvgIpc) is 2.07. The third-order valence-corrected chi connectivity index (χ3v) is 1.17. The lowest BCUT2D eigenvalue weighted by molar-refractivity contribution is -0.687. The van der Waals surface area contributed by atoms with Gasteiger partial charge in [-0.1, -0.05) is 16.5 Å². The minimum atomic E-state index is 0.0854. The smallest absolute Gasteiger partial charge is 0.0911 e. The number of hydrogen-bond donors (Lipinski definition) is 0. The summed E-state index contributed by atoms with van der Waals surface area (Å²) in [4.78, 5) is 14.1. The van der Waals surface area contributed by atoms with Gasteiger partial charge in [0.25, 0.3) is 0 Å². The van der Waals surface area contributed by atoms with Crippen LogP contribution in [0.15, 0.2) is 5.11 Å². The van der Waals surface area contributed by atoms with Gasteiger partial charge < -0.3 is 0 Å². The molecule has 0 aliphatic carbocycles. The molecule has 0 radical (unpaired) electrons. The van der Waals surface area contributed by atoms with Crippen LogP contribution < -0.4 is 0 Å². The van der Waals surface area contributed by atoms with Gasteiger partial charge in [-0.05, 0) is 12.5 Å². The number of rotatable bonds is 5. The van der Waals surface area contributed by atoms with Crippen LogP contribution in [0, 0.1) is 17.4 Å². The molecule has 6 nitrogen and oxygen atoms in total. The molecule has 0 saturated heterocycles. The van der Waals surface area contributed by atoms with Crippen LogP contribution in [0.2, 0.25) is 0 Å². The summed E-state index contributed by atoms with van der Waals surface area (Å²) in [5.74, 6) is 0. The van der Waals surface area contributed by atoms with Crippen LogP contribution in [-0.4, -0.2) is 29.5 Å². The predicted molar refractivity (Wildman–Crippen MR) is 43.7 cm³/mol. The standard InChI is InChI=1S/C6H10N5O/c1-3-10(4-2)11(12)6-5-8-9-7/h1H,4-6H2,2H3/q+1. The van der Waals surface area contributed by atoms with E-state index in [-0.39, 0.29) is 13.1 Å². The van der Waals surface area contributed by atoms with Crippen LogP contribution in [0.1, 0.15) is 6.92 Å². The number of azide groups is 1. The lowest BCUT2D eigenvalue weighted by Crippen LogP contribution is -2.30. The van der Waals surface area contributed by atoms with Gasteiger partial charge in [-0.25, -0.2) is 0 Å². The molecule has 0 fully saturated rings. The van der Waals surface area contributed by atoms with E-state index in [0.29, 0.717) is 11.4 Å². The Kier molecular flexibility index (Phi) is 5.14. The van der Waals surface area contributed by atoms with Crippen molar-refractivity contribution in [3.8, 4) is 12.5 Å². The summed E-state index contributed by atoms with van der Waals surface area (Å²) >= 11 is 0. The highest BCUT2D eigenvalue weighted by atomic mass is 16.3. The molecule has 0 aromatic heterocycles. The molecular weight excluding hydrogens is 158 g/mol. The highest BCUT2D eigenvalue weighted by Crippen LogP contribution is 1.86. The Morgan fingerprint density at radius 2 is 2.50 bits per heavy atom. The van der Waals surface area contributed by atoms with Gasteiger partial charge in [-0.3, -0.25) is 0 Å². The maximum absolute atomic E-state index is 11.0. The van der Waals surface area contributed by atoms with E-state index in [1.54, 1.807) is 6.92 Å². The summed E-state index contributed by atoms with van der Waals surface area (Å²) in [7, 11) is 0. The molecule has 0 spiro atoms. The van der Waals surface area contributed by atoms with E-state index in [0.717, 1.165) is 5.01 Å². The monoisotopic (exact) mass is 168 g/mol. The van der Waals surface area contributed by atoms with Gasteiger partial charge in [-0.2, -0.15) is 0 Å². The fourth-order valence-corrected chi connectivity index (χ4v) is 0.609. The summed E-state index contributed by atoms with van der Waals surface area (Å²) in [6.07, 6.45) is 5.02. The van der Waals surface area contributed by atoms with Crippen LogP contribution >= 0.6 is 0 Å². The summed E-state index contributed by atoms with van der Waals surface area (Å²) < 4.78 is 0. The molecule has 6 heteroatoms. The lowest BCUT2D eigenvalue weighted by Gasteiger charge is -2.01. The summed E-state index contributed by atoms with van der Waals surface area (Å²) in [6, 6.07) is 2.19. The topological polar surface area (TPSA) is 72.1 Å². The lowest BCUT2D eigenvalue weighted by atomic mass is 10.6. The molecule has 0 rings (SSSR count). The Morgan fingerprint density at radius 1 is 1.83 bits per heavy atom. The van der Waals surface area contributed by atoms with Gasteiger partial charge >= 0.3 is 0 Å². The van der Waals surface area contributed by atoms with E-state index in [2.05, 4.69) is 16.1 Å². The highest BCUT2D eigenvalue weighted by molar-refractivity contribution is 4.77.